The molecule has 0 aliphatic heterocycles. The van der Waals surface area contributed by atoms with Gasteiger partial charge in [-0.05, 0) is 46.5 Å². The van der Waals surface area contributed by atoms with Crippen LogP contribution in [0.25, 0.3) is 0 Å². The van der Waals surface area contributed by atoms with Gasteiger partial charge in [0.2, 0.25) is 0 Å². The van der Waals surface area contributed by atoms with E-state index < -0.39 is 0 Å². The molecule has 0 aromatic heterocycles. The van der Waals surface area contributed by atoms with Gasteiger partial charge in [0.1, 0.15) is 0 Å². The van der Waals surface area contributed by atoms with Crippen molar-refractivity contribution in [1.29, 1.82) is 0 Å². The molecule has 13 heavy (non-hydrogen) atoms. The molecular formula is C10H13BrClN. The van der Waals surface area contributed by atoms with Gasteiger partial charge in [-0.3, -0.25) is 0 Å². The largest absolute Gasteiger partial charge is 0.327 e. The van der Waals surface area contributed by atoms with Crippen LogP contribution in [-0.4, -0.2) is 6.04 Å². The van der Waals surface area contributed by atoms with Gasteiger partial charge in [-0.25, -0.2) is 0 Å². The lowest BCUT2D eigenvalue weighted by atomic mass is 10.1. The molecule has 0 saturated heterocycles. The normalized spacial score (nSPS) is 12.9. The lowest BCUT2D eigenvalue weighted by molar-refractivity contribution is 0.646. The maximum atomic E-state index is 5.87. The molecule has 0 saturated carbocycles. The van der Waals surface area contributed by atoms with Crippen LogP contribution in [0.15, 0.2) is 22.7 Å². The molecule has 1 rings (SSSR count). The Morgan fingerprint density at radius 2 is 2.23 bits per heavy atom. The number of hydrogen-bond acceptors (Lipinski definition) is 1. The minimum Gasteiger partial charge on any atom is -0.327 e. The summed E-state index contributed by atoms with van der Waals surface area (Å²) < 4.78 is 0.940. The van der Waals surface area contributed by atoms with Gasteiger partial charge in [-0.2, -0.15) is 0 Å². The zero-order valence-corrected chi connectivity index (χ0v) is 9.90. The fourth-order valence-corrected chi connectivity index (χ4v) is 1.66. The molecule has 0 amide bonds. The predicted octanol–water partition coefficient (Wildman–Crippen LogP) is 3.38. The quantitative estimate of drug-likeness (QED) is 0.888. The Morgan fingerprint density at radius 1 is 1.54 bits per heavy atom. The summed E-state index contributed by atoms with van der Waals surface area (Å²) in [6, 6.07) is 6.18. The van der Waals surface area contributed by atoms with E-state index in [1.54, 1.807) is 0 Å². The van der Waals surface area contributed by atoms with Crippen molar-refractivity contribution in [3.05, 3.63) is 33.3 Å². The Kier molecular flexibility index (Phi) is 4.23. The molecule has 1 atom stereocenters. The van der Waals surface area contributed by atoms with Crippen molar-refractivity contribution in [3.63, 3.8) is 0 Å². The minimum atomic E-state index is 0.244. The highest BCUT2D eigenvalue weighted by Crippen LogP contribution is 2.23. The maximum absolute atomic E-state index is 5.87. The second-order valence-electron chi connectivity index (χ2n) is 3.12. The van der Waals surface area contributed by atoms with Crippen molar-refractivity contribution in [2.24, 2.45) is 5.73 Å². The van der Waals surface area contributed by atoms with Gasteiger partial charge < -0.3 is 5.73 Å². The fourth-order valence-electron chi connectivity index (χ4n) is 1.11. The molecule has 72 valence electrons. The first-order chi connectivity index (χ1) is 6.13. The molecule has 1 nitrogen and oxygen atoms in total. The molecule has 0 radical (unpaired) electrons. The van der Waals surface area contributed by atoms with Crippen LogP contribution < -0.4 is 5.73 Å². The minimum absolute atomic E-state index is 0.244. The van der Waals surface area contributed by atoms with Crippen LogP contribution >= 0.6 is 27.5 Å². The summed E-state index contributed by atoms with van der Waals surface area (Å²) >= 11 is 9.26. The van der Waals surface area contributed by atoms with Crippen LogP contribution in [0.4, 0.5) is 0 Å². The Hall–Kier alpha value is -0.0500. The standard InChI is InChI=1S/C10H13BrClN/c1-2-8(13)5-7-3-4-10(12)9(11)6-7/h3-4,6,8H,2,5,13H2,1H3. The summed E-state index contributed by atoms with van der Waals surface area (Å²) in [5.41, 5.74) is 7.07. The van der Waals surface area contributed by atoms with Gasteiger partial charge in [0.05, 0.1) is 5.02 Å². The number of halogens is 2. The van der Waals surface area contributed by atoms with E-state index in [4.69, 9.17) is 17.3 Å². The van der Waals surface area contributed by atoms with Crippen molar-refractivity contribution in [2.45, 2.75) is 25.8 Å². The second kappa shape index (κ2) is 4.99. The number of hydrogen-bond donors (Lipinski definition) is 1. The fraction of sp³-hybridized carbons (Fsp3) is 0.400. The van der Waals surface area contributed by atoms with Gasteiger partial charge in [0, 0.05) is 10.5 Å². The SMILES string of the molecule is CCC(N)Cc1ccc(Cl)c(Br)c1. The highest BCUT2D eigenvalue weighted by Gasteiger charge is 2.03. The molecule has 1 aromatic carbocycles. The summed E-state index contributed by atoms with van der Waals surface area (Å²) in [6.45, 7) is 2.09. The van der Waals surface area contributed by atoms with E-state index >= 15 is 0 Å². The van der Waals surface area contributed by atoms with Crippen molar-refractivity contribution in [1.82, 2.24) is 0 Å². The first-order valence-corrected chi connectivity index (χ1v) is 5.50. The third kappa shape index (κ3) is 3.29. The average molecular weight is 263 g/mol. The van der Waals surface area contributed by atoms with Gasteiger partial charge in [0.15, 0.2) is 0 Å². The molecule has 1 aromatic rings. The summed E-state index contributed by atoms with van der Waals surface area (Å²) in [7, 11) is 0. The molecular weight excluding hydrogens is 249 g/mol. The molecule has 0 spiro atoms. The lowest BCUT2D eigenvalue weighted by Gasteiger charge is -2.08. The van der Waals surface area contributed by atoms with Gasteiger partial charge in [-0.1, -0.05) is 24.6 Å². The van der Waals surface area contributed by atoms with Crippen molar-refractivity contribution >= 4 is 27.5 Å². The Morgan fingerprint density at radius 3 is 2.77 bits per heavy atom. The molecule has 0 heterocycles. The van der Waals surface area contributed by atoms with Crippen LogP contribution in [0, 0.1) is 0 Å². The zero-order chi connectivity index (χ0) is 9.84. The van der Waals surface area contributed by atoms with Gasteiger partial charge in [-0.15, -0.1) is 0 Å². The predicted molar refractivity (Wildman–Crippen MR) is 61.1 cm³/mol. The highest BCUT2D eigenvalue weighted by atomic mass is 79.9. The smallest absolute Gasteiger partial charge is 0.0548 e. The molecule has 0 aliphatic rings. The molecule has 3 heteroatoms. The molecule has 0 aliphatic carbocycles. The summed E-state index contributed by atoms with van der Waals surface area (Å²) in [6.07, 6.45) is 1.91. The molecule has 1 unspecified atom stereocenters. The topological polar surface area (TPSA) is 26.0 Å². The van der Waals surface area contributed by atoms with Gasteiger partial charge >= 0.3 is 0 Å². The lowest BCUT2D eigenvalue weighted by Crippen LogP contribution is -2.21. The van der Waals surface area contributed by atoms with Crippen LogP contribution in [0.2, 0.25) is 5.02 Å². The van der Waals surface area contributed by atoms with Crippen LogP contribution in [0.5, 0.6) is 0 Å². The van der Waals surface area contributed by atoms with E-state index in [-0.39, 0.29) is 6.04 Å². The summed E-state index contributed by atoms with van der Waals surface area (Å²) in [5, 5.41) is 0.744. The average Bonchev–Trinajstić information content (AvgIpc) is 2.11. The van der Waals surface area contributed by atoms with Crippen LogP contribution in [0.3, 0.4) is 0 Å². The highest BCUT2D eigenvalue weighted by molar-refractivity contribution is 9.10. The maximum Gasteiger partial charge on any atom is 0.0548 e. The first-order valence-electron chi connectivity index (χ1n) is 4.33. The summed E-state index contributed by atoms with van der Waals surface area (Å²) in [5.74, 6) is 0. The Bertz CT molecular complexity index is 288. The molecule has 0 fully saturated rings. The number of nitrogens with two attached hydrogens (primary N) is 1. The van der Waals surface area contributed by atoms with Crippen molar-refractivity contribution in [3.8, 4) is 0 Å². The third-order valence-electron chi connectivity index (χ3n) is 2.01. The van der Waals surface area contributed by atoms with Crippen molar-refractivity contribution in [2.75, 3.05) is 0 Å². The molecule has 0 bridgehead atoms. The van der Waals surface area contributed by atoms with Crippen molar-refractivity contribution < 1.29 is 0 Å². The van der Waals surface area contributed by atoms with Crippen LogP contribution in [-0.2, 0) is 6.42 Å². The van der Waals surface area contributed by atoms with E-state index in [0.717, 1.165) is 22.3 Å². The Balaban J connectivity index is 2.73. The number of rotatable bonds is 3. The zero-order valence-electron chi connectivity index (χ0n) is 7.56. The first kappa shape index (κ1) is 11.0. The van der Waals surface area contributed by atoms with E-state index in [1.807, 2.05) is 18.2 Å². The van der Waals surface area contributed by atoms with E-state index in [2.05, 4.69) is 22.9 Å². The second-order valence-corrected chi connectivity index (χ2v) is 4.38. The third-order valence-corrected chi connectivity index (χ3v) is 3.22. The van der Waals surface area contributed by atoms with E-state index in [1.165, 1.54) is 5.56 Å². The van der Waals surface area contributed by atoms with E-state index in [0.29, 0.717) is 0 Å². The van der Waals surface area contributed by atoms with E-state index in [9.17, 15) is 0 Å². The molecule has 2 N–H and O–H groups in total. The van der Waals surface area contributed by atoms with Crippen LogP contribution in [0.1, 0.15) is 18.9 Å². The monoisotopic (exact) mass is 261 g/mol. The van der Waals surface area contributed by atoms with Gasteiger partial charge in [0.25, 0.3) is 0 Å². The Labute approximate surface area is 92.4 Å². The number of benzene rings is 1. The summed E-state index contributed by atoms with van der Waals surface area (Å²) in [4.78, 5) is 0.